The van der Waals surface area contributed by atoms with Gasteiger partial charge in [0.15, 0.2) is 5.69 Å². The Labute approximate surface area is 184 Å². The van der Waals surface area contributed by atoms with Crippen LogP contribution in [-0.2, 0) is 11.2 Å². The number of carbonyl (C=O) groups excluding carboxylic acids is 1. The van der Waals surface area contributed by atoms with Gasteiger partial charge >= 0.3 is 0 Å². The highest BCUT2D eigenvalue weighted by Gasteiger charge is 2.22. The van der Waals surface area contributed by atoms with Crippen molar-refractivity contribution in [3.05, 3.63) is 94.8 Å². The van der Waals surface area contributed by atoms with Crippen LogP contribution < -0.4 is 10.5 Å². The lowest BCUT2D eigenvalue weighted by Crippen LogP contribution is -2.25. The van der Waals surface area contributed by atoms with Gasteiger partial charge in [0.25, 0.3) is 5.56 Å². The number of para-hydroxylation sites is 1. The molecule has 5 rings (SSSR count). The van der Waals surface area contributed by atoms with Crippen LogP contribution in [0.15, 0.2) is 93.9 Å². The van der Waals surface area contributed by atoms with E-state index < -0.39 is 0 Å². The number of aromatic nitrogens is 2. The molecule has 0 aliphatic carbocycles. The second-order valence-corrected chi connectivity index (χ2v) is 7.61. The first-order valence-electron chi connectivity index (χ1n) is 10.4. The number of carbonyl (C=O) groups is 1. The third-order valence-electron chi connectivity index (χ3n) is 5.55. The number of aromatic amines is 1. The SMILES string of the molecule is CC(=O)N1CCc2cc(N=Nc3c(-c4ccccc4)[nH]n(-c4ccccc4)c3=O)ccc21. The minimum atomic E-state index is -0.275. The lowest BCUT2D eigenvalue weighted by Gasteiger charge is -2.14. The van der Waals surface area contributed by atoms with Gasteiger partial charge in [-0.1, -0.05) is 48.5 Å². The number of hydrogen-bond acceptors (Lipinski definition) is 4. The first-order valence-corrected chi connectivity index (χ1v) is 10.4. The van der Waals surface area contributed by atoms with Gasteiger partial charge in [-0.15, -0.1) is 5.11 Å². The molecule has 2 heterocycles. The van der Waals surface area contributed by atoms with Crippen LogP contribution in [0.3, 0.4) is 0 Å². The number of rotatable bonds is 4. The van der Waals surface area contributed by atoms with Gasteiger partial charge in [-0.3, -0.25) is 14.7 Å². The van der Waals surface area contributed by atoms with Crippen molar-refractivity contribution in [2.45, 2.75) is 13.3 Å². The number of azo groups is 1. The summed E-state index contributed by atoms with van der Waals surface area (Å²) in [6.07, 6.45) is 0.776. The molecule has 1 aromatic heterocycles. The van der Waals surface area contributed by atoms with E-state index in [9.17, 15) is 9.59 Å². The number of fused-ring (bicyclic) bond motifs is 1. The zero-order valence-electron chi connectivity index (χ0n) is 17.5. The molecule has 0 saturated heterocycles. The Morgan fingerprint density at radius 3 is 2.38 bits per heavy atom. The van der Waals surface area contributed by atoms with Crippen molar-refractivity contribution < 1.29 is 4.79 Å². The third-order valence-corrected chi connectivity index (χ3v) is 5.55. The molecular weight excluding hydrogens is 402 g/mol. The topological polar surface area (TPSA) is 82.8 Å². The maximum Gasteiger partial charge on any atom is 0.299 e. The number of benzene rings is 3. The number of nitrogens with one attached hydrogen (secondary N) is 1. The second-order valence-electron chi connectivity index (χ2n) is 7.61. The summed E-state index contributed by atoms with van der Waals surface area (Å²) in [7, 11) is 0. The van der Waals surface area contributed by atoms with Crippen LogP contribution in [-0.4, -0.2) is 22.2 Å². The molecule has 1 N–H and O–H groups in total. The molecule has 7 nitrogen and oxygen atoms in total. The van der Waals surface area contributed by atoms with E-state index in [1.54, 1.807) is 11.8 Å². The molecule has 0 saturated carbocycles. The Bertz CT molecular complexity index is 1370. The summed E-state index contributed by atoms with van der Waals surface area (Å²) in [5.41, 5.74) is 4.74. The van der Waals surface area contributed by atoms with Crippen LogP contribution in [0, 0.1) is 0 Å². The number of anilines is 1. The summed E-state index contributed by atoms with van der Waals surface area (Å²) in [6.45, 7) is 2.24. The molecule has 0 radical (unpaired) electrons. The summed E-state index contributed by atoms with van der Waals surface area (Å²) in [5, 5.41) is 11.9. The average molecular weight is 423 g/mol. The summed E-state index contributed by atoms with van der Waals surface area (Å²) >= 11 is 0. The molecular formula is C25H21N5O2. The average Bonchev–Trinajstić information content (AvgIpc) is 3.39. The van der Waals surface area contributed by atoms with Crippen molar-refractivity contribution >= 4 is 23.0 Å². The van der Waals surface area contributed by atoms with Crippen LogP contribution >= 0.6 is 0 Å². The molecule has 0 fully saturated rings. The van der Waals surface area contributed by atoms with Gasteiger partial charge in [0.05, 0.1) is 17.1 Å². The zero-order chi connectivity index (χ0) is 22.1. The number of hydrogen-bond donors (Lipinski definition) is 1. The highest BCUT2D eigenvalue weighted by molar-refractivity contribution is 5.94. The van der Waals surface area contributed by atoms with E-state index in [1.807, 2.05) is 78.9 Å². The van der Waals surface area contributed by atoms with Crippen LogP contribution in [0.2, 0.25) is 0 Å². The lowest BCUT2D eigenvalue weighted by atomic mass is 10.1. The molecule has 0 atom stereocenters. The van der Waals surface area contributed by atoms with Crippen molar-refractivity contribution in [2.24, 2.45) is 10.2 Å². The van der Waals surface area contributed by atoms with E-state index in [0.29, 0.717) is 17.9 Å². The van der Waals surface area contributed by atoms with Gasteiger partial charge in [-0.05, 0) is 42.3 Å². The van der Waals surface area contributed by atoms with Crippen molar-refractivity contribution in [3.8, 4) is 16.9 Å². The Balaban J connectivity index is 1.56. The number of amides is 1. The maximum atomic E-state index is 13.2. The third kappa shape index (κ3) is 3.54. The molecule has 0 unspecified atom stereocenters. The molecule has 1 aliphatic heterocycles. The van der Waals surface area contributed by atoms with E-state index in [0.717, 1.165) is 28.9 Å². The Morgan fingerprint density at radius 1 is 0.938 bits per heavy atom. The molecule has 3 aromatic carbocycles. The minimum absolute atomic E-state index is 0.0272. The first-order chi connectivity index (χ1) is 15.6. The molecule has 7 heteroatoms. The summed E-state index contributed by atoms with van der Waals surface area (Å²) < 4.78 is 1.48. The van der Waals surface area contributed by atoms with Crippen LogP contribution in [0.5, 0.6) is 0 Å². The Kier molecular flexibility index (Phi) is 4.99. The summed E-state index contributed by atoms with van der Waals surface area (Å²) in [5.74, 6) is 0.0272. The molecule has 32 heavy (non-hydrogen) atoms. The standard InChI is InChI=1S/C25H21N5O2/c1-17(31)29-15-14-19-16-20(12-13-22(19)29)26-27-24-23(18-8-4-2-5-9-18)28-30(25(24)32)21-10-6-3-7-11-21/h2-13,16,28H,14-15H2,1H3. The van der Waals surface area contributed by atoms with Gasteiger partial charge in [0, 0.05) is 24.7 Å². The van der Waals surface area contributed by atoms with Crippen molar-refractivity contribution in [2.75, 3.05) is 11.4 Å². The number of H-pyrrole nitrogens is 1. The van der Waals surface area contributed by atoms with E-state index in [1.165, 1.54) is 4.68 Å². The van der Waals surface area contributed by atoms with Crippen LogP contribution in [0.1, 0.15) is 12.5 Å². The maximum absolute atomic E-state index is 13.2. The number of nitrogens with zero attached hydrogens (tertiary/aromatic N) is 4. The van der Waals surface area contributed by atoms with E-state index in [2.05, 4.69) is 15.3 Å². The van der Waals surface area contributed by atoms with Gasteiger partial charge < -0.3 is 4.90 Å². The molecule has 1 aliphatic rings. The predicted octanol–water partition coefficient (Wildman–Crippen LogP) is 5.16. The first kappa shape index (κ1) is 19.7. The van der Waals surface area contributed by atoms with Crippen molar-refractivity contribution in [3.63, 3.8) is 0 Å². The van der Waals surface area contributed by atoms with Crippen LogP contribution in [0.25, 0.3) is 16.9 Å². The van der Waals surface area contributed by atoms with Gasteiger partial charge in [0.1, 0.15) is 0 Å². The smallest absolute Gasteiger partial charge is 0.299 e. The van der Waals surface area contributed by atoms with E-state index in [-0.39, 0.29) is 17.2 Å². The van der Waals surface area contributed by atoms with Crippen molar-refractivity contribution in [1.82, 2.24) is 9.78 Å². The molecule has 4 aromatic rings. The highest BCUT2D eigenvalue weighted by Crippen LogP contribution is 2.33. The van der Waals surface area contributed by atoms with E-state index in [4.69, 9.17) is 0 Å². The quantitative estimate of drug-likeness (QED) is 0.460. The van der Waals surface area contributed by atoms with Gasteiger partial charge in [-0.25, -0.2) is 4.68 Å². The zero-order valence-corrected chi connectivity index (χ0v) is 17.5. The Hall–Kier alpha value is -4.26. The Morgan fingerprint density at radius 2 is 1.66 bits per heavy atom. The van der Waals surface area contributed by atoms with E-state index >= 15 is 0 Å². The largest absolute Gasteiger partial charge is 0.312 e. The minimum Gasteiger partial charge on any atom is -0.312 e. The fourth-order valence-electron chi connectivity index (χ4n) is 3.97. The normalized spacial score (nSPS) is 13.0. The lowest BCUT2D eigenvalue weighted by molar-refractivity contribution is -0.116. The van der Waals surface area contributed by atoms with Gasteiger partial charge in [-0.2, -0.15) is 5.11 Å². The molecule has 158 valence electrons. The monoisotopic (exact) mass is 423 g/mol. The fourth-order valence-corrected chi connectivity index (χ4v) is 3.97. The summed E-state index contributed by atoms with van der Waals surface area (Å²) in [6, 6.07) is 24.6. The fraction of sp³-hybridized carbons (Fsp3) is 0.120. The van der Waals surface area contributed by atoms with Crippen molar-refractivity contribution in [1.29, 1.82) is 0 Å². The molecule has 0 spiro atoms. The predicted molar refractivity (Wildman–Crippen MR) is 124 cm³/mol. The highest BCUT2D eigenvalue weighted by atomic mass is 16.2. The van der Waals surface area contributed by atoms with Crippen LogP contribution in [0.4, 0.5) is 17.1 Å². The van der Waals surface area contributed by atoms with Gasteiger partial charge in [0.2, 0.25) is 5.91 Å². The summed E-state index contributed by atoms with van der Waals surface area (Å²) in [4.78, 5) is 26.8. The molecule has 1 amide bonds. The molecule has 0 bridgehead atoms. The second kappa shape index (κ2) is 8.11.